The lowest BCUT2D eigenvalue weighted by Gasteiger charge is -2.31. The average Bonchev–Trinajstić information content (AvgIpc) is 3.66. The smallest absolute Gasteiger partial charge is 0.0731 e. The Morgan fingerprint density at radius 2 is 1.33 bits per heavy atom. The van der Waals surface area contributed by atoms with Gasteiger partial charge in [0.25, 0.3) is 0 Å². The monoisotopic (exact) mass is 672 g/mol. The van der Waals surface area contributed by atoms with E-state index in [-0.39, 0.29) is 0 Å². The molecule has 2 aliphatic carbocycles. The highest BCUT2D eigenvalue weighted by Crippen LogP contribution is 2.65. The van der Waals surface area contributed by atoms with Crippen LogP contribution in [-0.4, -0.2) is 0 Å². The summed E-state index contributed by atoms with van der Waals surface area (Å²) in [4.78, 5) is 0. The maximum atomic E-state index is 6.75. The van der Waals surface area contributed by atoms with E-state index in [0.717, 1.165) is 34.5 Å². The number of hydrogen-bond acceptors (Lipinski definition) is 2. The minimum atomic E-state index is -0.424. The van der Waals surface area contributed by atoms with E-state index >= 15 is 0 Å². The average molecular weight is 673 g/mol. The number of rotatable bonds is 7. The van der Waals surface area contributed by atoms with Gasteiger partial charge in [0.2, 0.25) is 0 Å². The summed E-state index contributed by atoms with van der Waals surface area (Å²) in [7, 11) is 2.54. The van der Waals surface area contributed by atoms with Crippen LogP contribution in [0, 0.1) is 0 Å². The molecule has 3 N–H and O–H groups in total. The molecule has 0 aliphatic heterocycles. The minimum absolute atomic E-state index is 0.424. The van der Waals surface area contributed by atoms with Gasteiger partial charge in [-0.2, -0.15) is 0 Å². The fourth-order valence-electron chi connectivity index (χ4n) is 8.67. The number of hydrogen-bond donors (Lipinski definition) is 2. The summed E-state index contributed by atoms with van der Waals surface area (Å²) in [5.74, 6) is 0. The number of nitrogens with two attached hydrogens (primary N) is 1. The van der Waals surface area contributed by atoms with Crippen LogP contribution in [0.5, 0.6) is 0 Å². The van der Waals surface area contributed by atoms with E-state index in [1.165, 1.54) is 66.1 Å². The second kappa shape index (κ2) is 12.4. The molecule has 0 amide bonds. The Balaban J connectivity index is 1.24. The number of allylic oxidation sites excluding steroid dienone is 5. The molecule has 1 spiro atoms. The van der Waals surface area contributed by atoms with E-state index < -0.39 is 5.41 Å². The van der Waals surface area contributed by atoms with Crippen LogP contribution in [0.15, 0.2) is 182 Å². The molecule has 3 heteroatoms. The Kier molecular flexibility index (Phi) is 7.57. The molecule has 244 valence electrons. The number of benzene rings is 7. The van der Waals surface area contributed by atoms with Crippen molar-refractivity contribution < 1.29 is 0 Å². The van der Waals surface area contributed by atoms with E-state index in [9.17, 15) is 0 Å². The third-order valence-electron chi connectivity index (χ3n) is 10.8. The Morgan fingerprint density at radius 3 is 2.10 bits per heavy atom. The van der Waals surface area contributed by atoms with Gasteiger partial charge in [0.15, 0.2) is 0 Å². The van der Waals surface area contributed by atoms with Crippen molar-refractivity contribution in [1.82, 2.24) is 5.09 Å². The summed E-state index contributed by atoms with van der Waals surface area (Å²) in [6, 6.07) is 51.7. The second-order valence-electron chi connectivity index (χ2n) is 13.3. The molecular weight excluding hydrogens is 636 g/mol. The Hall–Kier alpha value is -5.95. The topological polar surface area (TPSA) is 38.0 Å². The lowest BCUT2D eigenvalue weighted by atomic mass is 9.69. The summed E-state index contributed by atoms with van der Waals surface area (Å²) in [6.45, 7) is 3.79. The predicted molar refractivity (Wildman–Crippen MR) is 220 cm³/mol. The molecule has 2 nitrogen and oxygen atoms in total. The number of fused-ring (bicyclic) bond motifs is 14. The van der Waals surface area contributed by atoms with Crippen molar-refractivity contribution in [3.8, 4) is 33.4 Å². The van der Waals surface area contributed by atoms with Crippen LogP contribution >= 0.6 is 9.39 Å². The SMILES string of the molecule is C=C/C=C(/C/C=C\C=C(/N)c1ccccc1-c1ccc2c3c(ccc2c1)-c1c(ccc2ccccc12)C31c2ccccc2-c2ccccc21)NP. The Labute approximate surface area is 301 Å². The molecule has 7 aromatic rings. The molecule has 0 bridgehead atoms. The van der Waals surface area contributed by atoms with Crippen LogP contribution in [0.4, 0.5) is 0 Å². The highest BCUT2D eigenvalue weighted by molar-refractivity contribution is 7.14. The van der Waals surface area contributed by atoms with Crippen LogP contribution in [0.25, 0.3) is 60.6 Å². The van der Waals surface area contributed by atoms with Gasteiger partial charge >= 0.3 is 0 Å². The third-order valence-corrected chi connectivity index (χ3v) is 11.1. The largest absolute Gasteiger partial charge is 0.398 e. The first-order valence-corrected chi connectivity index (χ1v) is 18.0. The molecule has 0 saturated heterocycles. The molecule has 1 unspecified atom stereocenters. The quantitative estimate of drug-likeness (QED) is 0.131. The number of nitrogens with one attached hydrogen (secondary N) is 1. The molecule has 0 aromatic heterocycles. The second-order valence-corrected chi connectivity index (χ2v) is 13.6. The van der Waals surface area contributed by atoms with Crippen molar-refractivity contribution in [1.29, 1.82) is 0 Å². The van der Waals surface area contributed by atoms with Gasteiger partial charge in [-0.05, 0) is 105 Å². The summed E-state index contributed by atoms with van der Waals surface area (Å²) < 4.78 is 0. The highest BCUT2D eigenvalue weighted by Gasteiger charge is 2.52. The van der Waals surface area contributed by atoms with Gasteiger partial charge in [-0.15, -0.1) is 0 Å². The summed E-state index contributed by atoms with van der Waals surface area (Å²) in [6.07, 6.45) is 10.6. The van der Waals surface area contributed by atoms with Crippen molar-refractivity contribution in [2.24, 2.45) is 5.73 Å². The zero-order valence-electron chi connectivity index (χ0n) is 28.2. The molecule has 7 aromatic carbocycles. The first-order valence-electron chi connectivity index (χ1n) is 17.4. The predicted octanol–water partition coefficient (Wildman–Crippen LogP) is 11.7. The first-order chi connectivity index (χ1) is 25.1. The van der Waals surface area contributed by atoms with E-state index in [1.54, 1.807) is 6.08 Å². The van der Waals surface area contributed by atoms with Crippen molar-refractivity contribution in [3.63, 3.8) is 0 Å². The van der Waals surface area contributed by atoms with Crippen molar-refractivity contribution in [2.45, 2.75) is 11.8 Å². The van der Waals surface area contributed by atoms with Gasteiger partial charge < -0.3 is 10.8 Å². The molecule has 0 radical (unpaired) electrons. The van der Waals surface area contributed by atoms with Gasteiger partial charge in [0.1, 0.15) is 0 Å². The van der Waals surface area contributed by atoms with Gasteiger partial charge in [0, 0.05) is 23.4 Å². The molecular formula is C48H37N2P. The standard InChI is InChI=1S/C48H37N2P/c1-2-13-34(50-51)15-4-12-23-45(49)40-20-7-6-16-35(40)32-24-27-37-33(30-32)25-28-41-46-36-17-5-3-14-31(36)26-29-44(46)48(47(37)41)42-21-10-8-18-38(42)39-19-9-11-22-43(39)48/h2-14,16-30,50H,1,15,49,51H2/b12-4-,34-13-,45-23-. The van der Waals surface area contributed by atoms with Gasteiger partial charge in [-0.1, -0.05) is 158 Å². The molecule has 2 aliphatic rings. The minimum Gasteiger partial charge on any atom is -0.398 e. The van der Waals surface area contributed by atoms with Gasteiger partial charge in [-0.3, -0.25) is 0 Å². The fraction of sp³-hybridized carbons (Fsp3) is 0.0417. The zero-order valence-corrected chi connectivity index (χ0v) is 29.4. The first kappa shape index (κ1) is 31.1. The van der Waals surface area contributed by atoms with Crippen molar-refractivity contribution in [3.05, 3.63) is 210 Å². The molecule has 1 atom stereocenters. The van der Waals surface area contributed by atoms with E-state index in [1.807, 2.05) is 18.2 Å². The fourth-order valence-corrected chi connectivity index (χ4v) is 8.89. The van der Waals surface area contributed by atoms with Gasteiger partial charge in [-0.25, -0.2) is 0 Å². The molecule has 0 fully saturated rings. The zero-order chi connectivity index (χ0) is 34.5. The van der Waals surface area contributed by atoms with Crippen molar-refractivity contribution in [2.75, 3.05) is 0 Å². The molecule has 0 saturated carbocycles. The molecule has 51 heavy (non-hydrogen) atoms. The normalized spacial score (nSPS) is 14.1. The maximum Gasteiger partial charge on any atom is 0.0731 e. The summed E-state index contributed by atoms with van der Waals surface area (Å²) in [5, 5.41) is 8.18. The molecule has 9 rings (SSSR count). The Bertz CT molecular complexity index is 2590. The van der Waals surface area contributed by atoms with Crippen LogP contribution in [-0.2, 0) is 5.41 Å². The van der Waals surface area contributed by atoms with E-state index in [2.05, 4.69) is 167 Å². The lowest BCUT2D eigenvalue weighted by molar-refractivity contribution is 0.802. The highest BCUT2D eigenvalue weighted by atomic mass is 31.0. The molecule has 0 heterocycles. The van der Waals surface area contributed by atoms with E-state index in [4.69, 9.17) is 5.73 Å². The van der Waals surface area contributed by atoms with Crippen LogP contribution < -0.4 is 10.8 Å². The van der Waals surface area contributed by atoms with Gasteiger partial charge in [0.05, 0.1) is 5.41 Å². The van der Waals surface area contributed by atoms with Crippen LogP contribution in [0.3, 0.4) is 0 Å². The Morgan fingerprint density at radius 1 is 0.647 bits per heavy atom. The third kappa shape index (κ3) is 4.68. The summed E-state index contributed by atoms with van der Waals surface area (Å²) >= 11 is 0. The summed E-state index contributed by atoms with van der Waals surface area (Å²) in [5.41, 5.74) is 22.1. The van der Waals surface area contributed by atoms with Crippen molar-refractivity contribution >= 4 is 36.6 Å². The van der Waals surface area contributed by atoms with Crippen LogP contribution in [0.1, 0.15) is 34.2 Å². The van der Waals surface area contributed by atoms with Crippen LogP contribution in [0.2, 0.25) is 0 Å². The van der Waals surface area contributed by atoms with E-state index in [0.29, 0.717) is 0 Å². The maximum absolute atomic E-state index is 6.75. The lowest BCUT2D eigenvalue weighted by Crippen LogP contribution is -2.26.